The van der Waals surface area contributed by atoms with Crippen LogP contribution in [-0.4, -0.2) is 72.2 Å². The number of nitrogens with zero attached hydrogens (tertiary/aromatic N) is 4. The Morgan fingerprint density at radius 2 is 1.80 bits per heavy atom. The number of carbonyl (C=O) groups is 2. The first-order valence-electron chi connectivity index (χ1n) is 15.0. The molecule has 0 radical (unpaired) electrons. The molecule has 0 bridgehead atoms. The summed E-state index contributed by atoms with van der Waals surface area (Å²) in [5.74, 6) is -0.00194. The van der Waals surface area contributed by atoms with Gasteiger partial charge < -0.3 is 9.64 Å². The molecule has 3 aliphatic rings. The van der Waals surface area contributed by atoms with E-state index in [1.807, 2.05) is 30.8 Å². The quantitative estimate of drug-likeness (QED) is 0.357. The van der Waals surface area contributed by atoms with E-state index >= 15 is 0 Å². The zero-order valence-corrected chi connectivity index (χ0v) is 24.4. The summed E-state index contributed by atoms with van der Waals surface area (Å²) in [6, 6.07) is 6.77. The lowest BCUT2D eigenvalue weighted by atomic mass is 9.84. The number of hydrogen-bond donors (Lipinski definition) is 0. The number of anilines is 1. The molecule has 1 aromatic carbocycles. The van der Waals surface area contributed by atoms with E-state index in [-0.39, 0.29) is 17.5 Å². The van der Waals surface area contributed by atoms with E-state index in [2.05, 4.69) is 46.4 Å². The smallest absolute Gasteiger partial charge is 0.163 e. The first-order valence-corrected chi connectivity index (χ1v) is 15.0. The molecule has 0 amide bonds. The summed E-state index contributed by atoms with van der Waals surface area (Å²) in [5.41, 5.74) is 5.87. The Bertz CT molecular complexity index is 1260. The molecule has 1 unspecified atom stereocenters. The fourth-order valence-electron chi connectivity index (χ4n) is 6.37. The lowest BCUT2D eigenvalue weighted by Gasteiger charge is -2.33. The van der Waals surface area contributed by atoms with Crippen molar-refractivity contribution < 1.29 is 14.3 Å². The van der Waals surface area contributed by atoms with Crippen LogP contribution in [0.5, 0.6) is 0 Å². The average Bonchev–Trinajstić information content (AvgIpc) is 3.45. The van der Waals surface area contributed by atoms with Crippen molar-refractivity contribution in [1.82, 2.24) is 14.7 Å². The van der Waals surface area contributed by atoms with Gasteiger partial charge in [-0.15, -0.1) is 0 Å². The summed E-state index contributed by atoms with van der Waals surface area (Å²) in [7, 11) is 2.17. The predicted octanol–water partition coefficient (Wildman–Crippen LogP) is 5.71. The van der Waals surface area contributed by atoms with Crippen LogP contribution >= 0.6 is 0 Å². The first kappa shape index (κ1) is 28.5. The second-order valence-corrected chi connectivity index (χ2v) is 11.8. The molecule has 5 rings (SSSR count). The zero-order chi connectivity index (χ0) is 28.1. The molecule has 0 spiro atoms. The van der Waals surface area contributed by atoms with Crippen molar-refractivity contribution in [3.63, 3.8) is 0 Å². The Morgan fingerprint density at radius 3 is 2.55 bits per heavy atom. The van der Waals surface area contributed by atoms with Gasteiger partial charge in [0.05, 0.1) is 26.0 Å². The number of allylic oxidation sites excluding steroid dienone is 4. The third kappa shape index (κ3) is 6.99. The number of Topliss-reactive ketones (excluding diaryl/α,β-unsaturated/α-hetero) is 1. The van der Waals surface area contributed by atoms with Gasteiger partial charge in [0.1, 0.15) is 0 Å². The SMILES string of the molecule is CC1=CC(=O)C(CCC(=O)c2cc(-c3cnn(CCN4CCOCC4)c3)cc(N(C)C3CCCCC3)c2)C(C)=C1. The van der Waals surface area contributed by atoms with E-state index in [0.717, 1.165) is 67.4 Å². The molecule has 7 heteroatoms. The number of benzene rings is 1. The van der Waals surface area contributed by atoms with E-state index in [0.29, 0.717) is 24.4 Å². The number of morpholine rings is 1. The number of carbonyl (C=O) groups excluding carboxylic acids is 2. The molecule has 1 aliphatic heterocycles. The van der Waals surface area contributed by atoms with E-state index in [4.69, 9.17) is 4.74 Å². The number of hydrogen-bond acceptors (Lipinski definition) is 6. The van der Waals surface area contributed by atoms with Crippen LogP contribution in [0.25, 0.3) is 11.1 Å². The molecule has 214 valence electrons. The molecule has 1 saturated carbocycles. The summed E-state index contributed by atoms with van der Waals surface area (Å²) < 4.78 is 7.47. The molecular formula is C33H44N4O3. The number of aromatic nitrogens is 2. The van der Waals surface area contributed by atoms with Crippen LogP contribution in [0.4, 0.5) is 5.69 Å². The van der Waals surface area contributed by atoms with Gasteiger partial charge in [-0.2, -0.15) is 5.10 Å². The van der Waals surface area contributed by atoms with Crippen molar-refractivity contribution in [2.45, 2.75) is 71.4 Å². The Kier molecular flexibility index (Phi) is 9.33. The summed E-state index contributed by atoms with van der Waals surface area (Å²) in [6.45, 7) is 9.24. The molecule has 2 fully saturated rings. The van der Waals surface area contributed by atoms with E-state index < -0.39 is 0 Å². The van der Waals surface area contributed by atoms with Crippen molar-refractivity contribution >= 4 is 17.3 Å². The highest BCUT2D eigenvalue weighted by molar-refractivity contribution is 6.00. The highest BCUT2D eigenvalue weighted by atomic mass is 16.5. The average molecular weight is 545 g/mol. The van der Waals surface area contributed by atoms with Gasteiger partial charge in [0.15, 0.2) is 11.6 Å². The van der Waals surface area contributed by atoms with Crippen molar-refractivity contribution in [3.8, 4) is 11.1 Å². The summed E-state index contributed by atoms with van der Waals surface area (Å²) in [5, 5.41) is 4.65. The summed E-state index contributed by atoms with van der Waals surface area (Å²) >= 11 is 0. The number of ether oxygens (including phenoxy) is 1. The maximum atomic E-state index is 13.6. The molecule has 1 atom stereocenters. The van der Waals surface area contributed by atoms with Crippen molar-refractivity contribution in [1.29, 1.82) is 0 Å². The zero-order valence-electron chi connectivity index (χ0n) is 24.4. The lowest BCUT2D eigenvalue weighted by molar-refractivity contribution is -0.117. The summed E-state index contributed by atoms with van der Waals surface area (Å²) in [6.07, 6.45) is 14.9. The minimum atomic E-state index is -0.204. The minimum absolute atomic E-state index is 0.0896. The van der Waals surface area contributed by atoms with E-state index in [1.165, 1.54) is 32.1 Å². The third-order valence-electron chi connectivity index (χ3n) is 8.86. The van der Waals surface area contributed by atoms with Crippen LogP contribution in [0.3, 0.4) is 0 Å². The van der Waals surface area contributed by atoms with Crippen molar-refractivity contribution in [2.75, 3.05) is 44.8 Å². The van der Waals surface area contributed by atoms with Gasteiger partial charge in [0, 0.05) is 68.1 Å². The topological polar surface area (TPSA) is 67.7 Å². The fourth-order valence-corrected chi connectivity index (χ4v) is 6.37. The fraction of sp³-hybridized carbons (Fsp3) is 0.545. The number of rotatable bonds is 10. The van der Waals surface area contributed by atoms with Gasteiger partial charge in [-0.05, 0) is 68.5 Å². The largest absolute Gasteiger partial charge is 0.379 e. The van der Waals surface area contributed by atoms with Gasteiger partial charge in [-0.3, -0.25) is 19.2 Å². The molecule has 40 heavy (non-hydrogen) atoms. The monoisotopic (exact) mass is 544 g/mol. The van der Waals surface area contributed by atoms with Gasteiger partial charge in [-0.1, -0.05) is 30.9 Å². The van der Waals surface area contributed by atoms with Crippen molar-refractivity contribution in [2.24, 2.45) is 5.92 Å². The molecule has 7 nitrogen and oxygen atoms in total. The van der Waals surface area contributed by atoms with Gasteiger partial charge >= 0.3 is 0 Å². The normalized spacial score (nSPS) is 20.8. The van der Waals surface area contributed by atoms with Crippen LogP contribution in [0.15, 0.2) is 53.9 Å². The number of ketones is 2. The van der Waals surface area contributed by atoms with Crippen LogP contribution in [0.1, 0.15) is 69.2 Å². The van der Waals surface area contributed by atoms with Gasteiger partial charge in [0.25, 0.3) is 0 Å². The molecule has 1 saturated heterocycles. The van der Waals surface area contributed by atoms with Crippen LogP contribution in [0.2, 0.25) is 0 Å². The standard InChI is InChI=1S/C33H44N4O3/c1-24-17-25(2)31(33(39)18-24)9-10-32(38)27-19-26(20-30(21-27)35(3)29-7-5-4-6-8-29)28-22-34-37(23-28)12-11-36-13-15-40-16-14-36/h17-23,29,31H,4-16H2,1-3H3. The first-order chi connectivity index (χ1) is 19.4. The van der Waals surface area contributed by atoms with Gasteiger partial charge in [0.2, 0.25) is 0 Å². The van der Waals surface area contributed by atoms with Crippen molar-refractivity contribution in [3.05, 3.63) is 59.5 Å². The molecule has 2 heterocycles. The van der Waals surface area contributed by atoms with Gasteiger partial charge in [-0.25, -0.2) is 0 Å². The highest BCUT2D eigenvalue weighted by Crippen LogP contribution is 2.32. The molecule has 2 aliphatic carbocycles. The Labute approximate surface area is 238 Å². The summed E-state index contributed by atoms with van der Waals surface area (Å²) in [4.78, 5) is 31.0. The van der Waals surface area contributed by atoms with E-state index in [1.54, 1.807) is 6.08 Å². The molecule has 1 aromatic heterocycles. The van der Waals surface area contributed by atoms with Crippen LogP contribution in [-0.2, 0) is 16.1 Å². The highest BCUT2D eigenvalue weighted by Gasteiger charge is 2.24. The molecule has 2 aromatic rings. The van der Waals surface area contributed by atoms with Crippen LogP contribution < -0.4 is 4.90 Å². The lowest BCUT2D eigenvalue weighted by Crippen LogP contribution is -2.38. The Balaban J connectivity index is 1.35. The Morgan fingerprint density at radius 1 is 1.02 bits per heavy atom. The maximum absolute atomic E-state index is 13.6. The predicted molar refractivity (Wildman–Crippen MR) is 160 cm³/mol. The second-order valence-electron chi connectivity index (χ2n) is 11.8. The second kappa shape index (κ2) is 13.1. The van der Waals surface area contributed by atoms with E-state index in [9.17, 15) is 9.59 Å². The van der Waals surface area contributed by atoms with Crippen LogP contribution in [0, 0.1) is 5.92 Å². The molecular weight excluding hydrogens is 500 g/mol. The third-order valence-corrected chi connectivity index (χ3v) is 8.86. The molecule has 0 N–H and O–H groups in total. The maximum Gasteiger partial charge on any atom is 0.163 e. The minimum Gasteiger partial charge on any atom is -0.379 e. The Hall–Kier alpha value is -3.03.